The number of nitrogens with one attached hydrogen (secondary N) is 1. The molecule has 0 aliphatic rings. The van der Waals surface area contributed by atoms with Crippen molar-refractivity contribution < 1.29 is 14.3 Å². The smallest absolute Gasteiger partial charge is 0.359 e. The zero-order chi connectivity index (χ0) is 19.3. The Hall–Kier alpha value is -2.70. The van der Waals surface area contributed by atoms with Gasteiger partial charge in [-0.1, -0.05) is 32.0 Å². The van der Waals surface area contributed by atoms with Gasteiger partial charge in [0.15, 0.2) is 12.3 Å². The van der Waals surface area contributed by atoms with Crippen LogP contribution in [0, 0.1) is 0 Å². The Morgan fingerprint density at radius 1 is 1.15 bits per heavy atom. The number of fused-ring (bicyclic) bond motifs is 1. The zero-order valence-electron chi connectivity index (χ0n) is 15.6. The Balaban J connectivity index is 2.26. The molecule has 7 nitrogen and oxygen atoms in total. The van der Waals surface area contributed by atoms with E-state index in [-0.39, 0.29) is 35.9 Å². The highest BCUT2D eigenvalue weighted by Crippen LogP contribution is 2.15. The third-order valence-corrected chi connectivity index (χ3v) is 4.20. The Kier molecular flexibility index (Phi) is 6.49. The highest BCUT2D eigenvalue weighted by molar-refractivity contribution is 6.02. The van der Waals surface area contributed by atoms with Crippen molar-refractivity contribution in [1.29, 1.82) is 0 Å². The van der Waals surface area contributed by atoms with Crippen LogP contribution in [0.2, 0.25) is 0 Å². The fraction of sp³-hybridized carbons (Fsp3) is 0.474. The maximum absolute atomic E-state index is 12.5. The van der Waals surface area contributed by atoms with Gasteiger partial charge in [-0.15, -0.1) is 0 Å². The first kappa shape index (κ1) is 19.6. The van der Waals surface area contributed by atoms with Gasteiger partial charge in [-0.05, 0) is 32.8 Å². The van der Waals surface area contributed by atoms with E-state index in [0.717, 1.165) is 12.8 Å². The number of carbonyl (C=O) groups is 2. The van der Waals surface area contributed by atoms with E-state index in [1.165, 1.54) is 4.68 Å². The molecule has 7 heteroatoms. The van der Waals surface area contributed by atoms with Gasteiger partial charge in [-0.25, -0.2) is 9.48 Å². The Bertz CT molecular complexity index is 853. The van der Waals surface area contributed by atoms with Crippen LogP contribution in [-0.2, 0) is 9.53 Å². The van der Waals surface area contributed by atoms with Crippen molar-refractivity contribution in [3.8, 4) is 0 Å². The van der Waals surface area contributed by atoms with Crippen LogP contribution in [0.15, 0.2) is 29.1 Å². The molecule has 0 atom stereocenters. The van der Waals surface area contributed by atoms with Crippen molar-refractivity contribution in [2.45, 2.75) is 52.6 Å². The molecule has 0 saturated carbocycles. The SMILES string of the molecule is CCC(CC)NC(=O)COC(=O)c1nn(C(C)C)c(=O)c2ccccc12. The summed E-state index contributed by atoms with van der Waals surface area (Å²) in [6.07, 6.45) is 1.61. The number of nitrogens with zero attached hydrogens (tertiary/aromatic N) is 2. The van der Waals surface area contributed by atoms with Crippen molar-refractivity contribution in [1.82, 2.24) is 15.1 Å². The minimum absolute atomic E-state index is 0.0317. The molecule has 2 rings (SSSR count). The molecule has 1 N–H and O–H groups in total. The largest absolute Gasteiger partial charge is 0.451 e. The molecule has 26 heavy (non-hydrogen) atoms. The van der Waals surface area contributed by atoms with Crippen molar-refractivity contribution in [2.75, 3.05) is 6.61 Å². The minimum Gasteiger partial charge on any atom is -0.451 e. The van der Waals surface area contributed by atoms with Gasteiger partial charge in [0.2, 0.25) is 0 Å². The van der Waals surface area contributed by atoms with E-state index < -0.39 is 5.97 Å². The molecule has 1 aromatic carbocycles. The Morgan fingerprint density at radius 3 is 2.35 bits per heavy atom. The van der Waals surface area contributed by atoms with E-state index in [4.69, 9.17) is 4.74 Å². The predicted molar refractivity (Wildman–Crippen MR) is 99.2 cm³/mol. The second kappa shape index (κ2) is 8.60. The summed E-state index contributed by atoms with van der Waals surface area (Å²) in [5, 5.41) is 7.79. The van der Waals surface area contributed by atoms with Crippen LogP contribution < -0.4 is 10.9 Å². The van der Waals surface area contributed by atoms with Crippen molar-refractivity contribution in [2.24, 2.45) is 0 Å². The second-order valence-electron chi connectivity index (χ2n) is 6.39. The first-order valence-corrected chi connectivity index (χ1v) is 8.87. The van der Waals surface area contributed by atoms with Gasteiger partial charge in [0, 0.05) is 11.4 Å². The molecule has 0 saturated heterocycles. The van der Waals surface area contributed by atoms with Crippen molar-refractivity contribution >= 4 is 22.6 Å². The number of aromatic nitrogens is 2. The fourth-order valence-corrected chi connectivity index (χ4v) is 2.67. The lowest BCUT2D eigenvalue weighted by atomic mass is 10.1. The van der Waals surface area contributed by atoms with E-state index in [1.807, 2.05) is 13.8 Å². The average Bonchev–Trinajstić information content (AvgIpc) is 2.64. The van der Waals surface area contributed by atoms with E-state index in [2.05, 4.69) is 10.4 Å². The third kappa shape index (κ3) is 4.28. The lowest BCUT2D eigenvalue weighted by Gasteiger charge is -2.15. The van der Waals surface area contributed by atoms with Crippen LogP contribution in [0.4, 0.5) is 0 Å². The van der Waals surface area contributed by atoms with Crippen LogP contribution in [0.3, 0.4) is 0 Å². The van der Waals surface area contributed by atoms with Gasteiger partial charge in [0.1, 0.15) is 0 Å². The Labute approximate surface area is 152 Å². The number of amides is 1. The first-order valence-electron chi connectivity index (χ1n) is 8.87. The monoisotopic (exact) mass is 359 g/mol. The number of rotatable bonds is 7. The quantitative estimate of drug-likeness (QED) is 0.767. The molecule has 1 aromatic heterocycles. The molecule has 0 fully saturated rings. The highest BCUT2D eigenvalue weighted by atomic mass is 16.5. The lowest BCUT2D eigenvalue weighted by Crippen LogP contribution is -2.37. The summed E-state index contributed by atoms with van der Waals surface area (Å²) in [6.45, 7) is 7.19. The molecule has 0 spiro atoms. The van der Waals surface area contributed by atoms with Crippen LogP contribution >= 0.6 is 0 Å². The number of ether oxygens (including phenoxy) is 1. The molecule has 0 unspecified atom stereocenters. The summed E-state index contributed by atoms with van der Waals surface area (Å²) in [7, 11) is 0. The number of hydrogen-bond donors (Lipinski definition) is 1. The molecule has 0 aliphatic heterocycles. The lowest BCUT2D eigenvalue weighted by molar-refractivity contribution is -0.125. The molecular formula is C19H25N3O4. The molecule has 1 heterocycles. The van der Waals surface area contributed by atoms with Gasteiger partial charge in [-0.2, -0.15) is 5.10 Å². The molecule has 140 valence electrons. The summed E-state index contributed by atoms with van der Waals surface area (Å²) in [4.78, 5) is 36.9. The van der Waals surface area contributed by atoms with Gasteiger partial charge >= 0.3 is 5.97 Å². The summed E-state index contributed by atoms with van der Waals surface area (Å²) < 4.78 is 6.39. The zero-order valence-corrected chi connectivity index (χ0v) is 15.6. The van der Waals surface area contributed by atoms with E-state index in [0.29, 0.717) is 10.8 Å². The fourth-order valence-electron chi connectivity index (χ4n) is 2.67. The van der Waals surface area contributed by atoms with Crippen LogP contribution in [0.1, 0.15) is 57.1 Å². The maximum Gasteiger partial charge on any atom is 0.359 e. The topological polar surface area (TPSA) is 90.3 Å². The van der Waals surface area contributed by atoms with E-state index in [1.54, 1.807) is 38.1 Å². The van der Waals surface area contributed by atoms with Crippen LogP contribution in [0.25, 0.3) is 10.8 Å². The summed E-state index contributed by atoms with van der Waals surface area (Å²) in [5.74, 6) is -1.08. The van der Waals surface area contributed by atoms with Gasteiger partial charge in [0.25, 0.3) is 11.5 Å². The normalized spacial score (nSPS) is 11.2. The number of benzene rings is 1. The van der Waals surface area contributed by atoms with Crippen LogP contribution in [-0.4, -0.2) is 34.3 Å². The van der Waals surface area contributed by atoms with Crippen molar-refractivity contribution in [3.63, 3.8) is 0 Å². The van der Waals surface area contributed by atoms with Crippen molar-refractivity contribution in [3.05, 3.63) is 40.3 Å². The molecule has 0 aliphatic carbocycles. The first-order chi connectivity index (χ1) is 12.4. The minimum atomic E-state index is -0.727. The molecule has 1 amide bonds. The van der Waals surface area contributed by atoms with Gasteiger partial charge < -0.3 is 10.1 Å². The van der Waals surface area contributed by atoms with Crippen LogP contribution in [0.5, 0.6) is 0 Å². The number of esters is 1. The average molecular weight is 359 g/mol. The molecular weight excluding hydrogens is 334 g/mol. The summed E-state index contributed by atoms with van der Waals surface area (Å²) in [6, 6.07) is 6.59. The second-order valence-corrected chi connectivity index (χ2v) is 6.39. The highest BCUT2D eigenvalue weighted by Gasteiger charge is 2.20. The maximum atomic E-state index is 12.5. The number of hydrogen-bond acceptors (Lipinski definition) is 5. The Morgan fingerprint density at radius 2 is 1.77 bits per heavy atom. The van der Waals surface area contributed by atoms with E-state index in [9.17, 15) is 14.4 Å². The van der Waals surface area contributed by atoms with Gasteiger partial charge in [-0.3, -0.25) is 9.59 Å². The van der Waals surface area contributed by atoms with Gasteiger partial charge in [0.05, 0.1) is 11.4 Å². The summed E-state index contributed by atoms with van der Waals surface area (Å²) >= 11 is 0. The summed E-state index contributed by atoms with van der Waals surface area (Å²) in [5.41, 5.74) is -0.233. The molecule has 0 radical (unpaired) electrons. The third-order valence-electron chi connectivity index (χ3n) is 4.20. The predicted octanol–water partition coefficient (Wildman–Crippen LogP) is 2.44. The number of carbonyl (C=O) groups excluding carboxylic acids is 2. The molecule has 0 bridgehead atoms. The molecule has 2 aromatic rings. The van der Waals surface area contributed by atoms with E-state index >= 15 is 0 Å². The standard InChI is InChI=1S/C19H25N3O4/c1-5-13(6-2)20-16(23)11-26-19(25)17-14-9-7-8-10-15(14)18(24)22(21-17)12(3)4/h7-10,12-13H,5-6,11H2,1-4H3,(H,20,23).